The number of ether oxygens (including phenoxy) is 2. The van der Waals surface area contributed by atoms with Gasteiger partial charge in [0.25, 0.3) is 0 Å². The normalized spacial score (nSPS) is 10.3. The van der Waals surface area contributed by atoms with Crippen LogP contribution in [0.5, 0.6) is 11.5 Å². The van der Waals surface area contributed by atoms with Crippen molar-refractivity contribution in [3.8, 4) is 11.5 Å². The van der Waals surface area contributed by atoms with E-state index in [1.54, 1.807) is 14.2 Å². The fourth-order valence-electron chi connectivity index (χ4n) is 1.90. The predicted octanol–water partition coefficient (Wildman–Crippen LogP) is 4.00. The second-order valence-corrected chi connectivity index (χ2v) is 5.55. The summed E-state index contributed by atoms with van der Waals surface area (Å²) in [7, 11) is 3.25. The molecule has 0 saturated carbocycles. The lowest BCUT2D eigenvalue weighted by Gasteiger charge is -2.11. The fraction of sp³-hybridized carbons (Fsp3) is 0.533. The number of carbonyl (C=O) groups excluding carboxylic acids is 1. The molecule has 106 valence electrons. The summed E-state index contributed by atoms with van der Waals surface area (Å²) in [5.74, 6) is 1.77. The van der Waals surface area contributed by atoms with Crippen molar-refractivity contribution in [1.82, 2.24) is 0 Å². The van der Waals surface area contributed by atoms with E-state index in [1.807, 2.05) is 12.1 Å². The average molecular weight is 376 g/mol. The Hall–Kier alpha value is -0.780. The lowest BCUT2D eigenvalue weighted by molar-refractivity contribution is -0.118. The van der Waals surface area contributed by atoms with Crippen molar-refractivity contribution in [2.24, 2.45) is 0 Å². The predicted molar refractivity (Wildman–Crippen MR) is 85.1 cm³/mol. The number of hydrogen-bond donors (Lipinski definition) is 0. The summed E-state index contributed by atoms with van der Waals surface area (Å²) in [5, 5.41) is 0. The third-order valence-corrected chi connectivity index (χ3v) is 4.21. The molecule has 0 aliphatic carbocycles. The first kappa shape index (κ1) is 16.3. The maximum Gasteiger partial charge on any atom is 0.137 e. The van der Waals surface area contributed by atoms with E-state index in [9.17, 15) is 4.79 Å². The highest BCUT2D eigenvalue weighted by atomic mass is 127. The van der Waals surface area contributed by atoms with E-state index in [0.717, 1.165) is 39.9 Å². The van der Waals surface area contributed by atoms with Crippen molar-refractivity contribution in [3.63, 3.8) is 0 Å². The van der Waals surface area contributed by atoms with Crippen LogP contribution in [0.15, 0.2) is 12.1 Å². The molecule has 0 heterocycles. The molecular weight excluding hydrogens is 355 g/mol. The lowest BCUT2D eigenvalue weighted by Crippen LogP contribution is -2.05. The van der Waals surface area contributed by atoms with E-state index in [4.69, 9.17) is 9.47 Å². The van der Waals surface area contributed by atoms with Crippen LogP contribution in [0.3, 0.4) is 0 Å². The van der Waals surface area contributed by atoms with Crippen molar-refractivity contribution in [2.75, 3.05) is 14.2 Å². The van der Waals surface area contributed by atoms with Gasteiger partial charge in [-0.15, -0.1) is 0 Å². The lowest BCUT2D eigenvalue weighted by atomic mass is 10.0. The molecule has 0 aliphatic rings. The van der Waals surface area contributed by atoms with Crippen LogP contribution in [0, 0.1) is 3.57 Å². The van der Waals surface area contributed by atoms with Gasteiger partial charge in [0.1, 0.15) is 17.3 Å². The van der Waals surface area contributed by atoms with Crippen LogP contribution in [0.1, 0.15) is 38.2 Å². The van der Waals surface area contributed by atoms with Gasteiger partial charge >= 0.3 is 0 Å². The Labute approximate surface area is 128 Å². The summed E-state index contributed by atoms with van der Waals surface area (Å²) in [6.07, 6.45) is 4.34. The van der Waals surface area contributed by atoms with Gasteiger partial charge in [0.15, 0.2) is 0 Å². The fourth-order valence-corrected chi connectivity index (χ4v) is 2.62. The van der Waals surface area contributed by atoms with Gasteiger partial charge in [-0.3, -0.25) is 4.79 Å². The van der Waals surface area contributed by atoms with Crippen LogP contribution >= 0.6 is 22.6 Å². The van der Waals surface area contributed by atoms with Crippen molar-refractivity contribution >= 4 is 28.4 Å². The highest BCUT2D eigenvalue weighted by molar-refractivity contribution is 14.1. The number of rotatable bonds is 8. The highest BCUT2D eigenvalue weighted by Gasteiger charge is 2.13. The van der Waals surface area contributed by atoms with E-state index in [1.165, 1.54) is 0 Å². The van der Waals surface area contributed by atoms with Crippen LogP contribution < -0.4 is 9.47 Å². The maximum absolute atomic E-state index is 12.0. The highest BCUT2D eigenvalue weighted by Crippen LogP contribution is 2.30. The van der Waals surface area contributed by atoms with Crippen molar-refractivity contribution < 1.29 is 14.3 Å². The average Bonchev–Trinajstić information content (AvgIpc) is 2.41. The van der Waals surface area contributed by atoms with Crippen LogP contribution in [0.25, 0.3) is 0 Å². The molecule has 0 atom stereocenters. The number of carbonyl (C=O) groups is 1. The maximum atomic E-state index is 12.0. The third-order valence-electron chi connectivity index (χ3n) is 2.99. The molecule has 0 spiro atoms. The van der Waals surface area contributed by atoms with Crippen LogP contribution in [-0.2, 0) is 11.2 Å². The van der Waals surface area contributed by atoms with Gasteiger partial charge in [-0.05, 0) is 40.6 Å². The van der Waals surface area contributed by atoms with E-state index >= 15 is 0 Å². The monoisotopic (exact) mass is 376 g/mol. The number of hydrogen-bond acceptors (Lipinski definition) is 3. The second-order valence-electron chi connectivity index (χ2n) is 4.48. The van der Waals surface area contributed by atoms with Gasteiger partial charge < -0.3 is 9.47 Å². The molecule has 0 aromatic heterocycles. The first-order valence-corrected chi connectivity index (χ1v) is 7.62. The van der Waals surface area contributed by atoms with Gasteiger partial charge in [0.2, 0.25) is 0 Å². The van der Waals surface area contributed by atoms with Crippen molar-refractivity contribution in [2.45, 2.75) is 39.0 Å². The standard InChI is InChI=1S/C15H21IO3/c1-4-5-6-7-12(17)8-11-9-13(18-2)10-14(19-3)15(11)16/h9-10H,4-8H2,1-3H3. The number of halogens is 1. The van der Waals surface area contributed by atoms with Crippen LogP contribution in [0.2, 0.25) is 0 Å². The molecule has 0 fully saturated rings. The minimum atomic E-state index is 0.279. The third kappa shape index (κ3) is 5.01. The van der Waals surface area contributed by atoms with Gasteiger partial charge in [-0.1, -0.05) is 19.8 Å². The van der Waals surface area contributed by atoms with Crippen molar-refractivity contribution in [1.29, 1.82) is 0 Å². The largest absolute Gasteiger partial charge is 0.497 e. The molecule has 0 unspecified atom stereocenters. The molecule has 0 radical (unpaired) electrons. The number of unbranched alkanes of at least 4 members (excludes halogenated alkanes) is 2. The van der Waals surface area contributed by atoms with Gasteiger partial charge in [0, 0.05) is 18.9 Å². The SMILES string of the molecule is CCCCCC(=O)Cc1cc(OC)cc(OC)c1I. The summed E-state index contributed by atoms with van der Waals surface area (Å²) in [5.41, 5.74) is 0.985. The Balaban J connectivity index is 2.79. The smallest absolute Gasteiger partial charge is 0.137 e. The van der Waals surface area contributed by atoms with Crippen molar-refractivity contribution in [3.05, 3.63) is 21.3 Å². The molecule has 4 heteroatoms. The Kier molecular flexibility index (Phi) is 7.20. The summed E-state index contributed by atoms with van der Waals surface area (Å²) in [6, 6.07) is 3.76. The summed E-state index contributed by atoms with van der Waals surface area (Å²) in [4.78, 5) is 12.0. The van der Waals surface area contributed by atoms with Crippen LogP contribution in [0.4, 0.5) is 0 Å². The van der Waals surface area contributed by atoms with E-state index < -0.39 is 0 Å². The molecule has 0 bridgehead atoms. The topological polar surface area (TPSA) is 35.5 Å². The zero-order valence-electron chi connectivity index (χ0n) is 11.8. The summed E-state index contributed by atoms with van der Waals surface area (Å²) < 4.78 is 11.5. The number of methoxy groups -OCH3 is 2. The quantitative estimate of drug-likeness (QED) is 0.508. The minimum absolute atomic E-state index is 0.279. The summed E-state index contributed by atoms with van der Waals surface area (Å²) >= 11 is 2.22. The number of Topliss-reactive ketones (excluding diaryl/α,β-unsaturated/α-hetero) is 1. The molecule has 1 aromatic carbocycles. The zero-order chi connectivity index (χ0) is 14.3. The Morgan fingerprint density at radius 2 is 1.95 bits per heavy atom. The van der Waals surface area contributed by atoms with Gasteiger partial charge in [-0.25, -0.2) is 0 Å². The van der Waals surface area contributed by atoms with E-state index in [-0.39, 0.29) is 5.78 Å². The van der Waals surface area contributed by atoms with Gasteiger partial charge in [-0.2, -0.15) is 0 Å². The number of benzene rings is 1. The molecule has 1 rings (SSSR count). The second kappa shape index (κ2) is 8.40. The molecule has 0 saturated heterocycles. The Morgan fingerprint density at radius 3 is 2.53 bits per heavy atom. The molecule has 1 aromatic rings. The van der Waals surface area contributed by atoms with Gasteiger partial charge in [0.05, 0.1) is 17.8 Å². The number of ketones is 1. The molecular formula is C15H21IO3. The summed E-state index contributed by atoms with van der Waals surface area (Å²) in [6.45, 7) is 2.14. The first-order valence-electron chi connectivity index (χ1n) is 6.54. The Bertz CT molecular complexity index is 430. The first-order chi connectivity index (χ1) is 9.12. The molecule has 0 N–H and O–H groups in total. The molecule has 0 aliphatic heterocycles. The molecule has 19 heavy (non-hydrogen) atoms. The minimum Gasteiger partial charge on any atom is -0.497 e. The van der Waals surface area contributed by atoms with E-state index in [2.05, 4.69) is 29.5 Å². The molecule has 0 amide bonds. The van der Waals surface area contributed by atoms with Crippen LogP contribution in [-0.4, -0.2) is 20.0 Å². The molecule has 3 nitrogen and oxygen atoms in total. The van der Waals surface area contributed by atoms with E-state index in [0.29, 0.717) is 12.8 Å². The Morgan fingerprint density at radius 1 is 1.21 bits per heavy atom. The zero-order valence-corrected chi connectivity index (χ0v) is 14.0.